The third kappa shape index (κ3) is 9.28. The summed E-state index contributed by atoms with van der Waals surface area (Å²) in [5.41, 5.74) is 5.67. The molecule has 0 aromatic heterocycles. The molecule has 2 nitrogen and oxygen atoms in total. The molecule has 2 rings (SSSR count). The van der Waals surface area contributed by atoms with Crippen LogP contribution in [0.1, 0.15) is 24.0 Å². The highest BCUT2D eigenvalue weighted by atomic mass is 28.3. The molecule has 0 atom stereocenters. The molecule has 29 heavy (non-hydrogen) atoms. The number of benzene rings is 2. The van der Waals surface area contributed by atoms with E-state index in [9.17, 15) is 0 Å². The molecule has 3 heteroatoms. The highest BCUT2D eigenvalue weighted by Gasteiger charge is 2.29. The first-order chi connectivity index (χ1) is 13.9. The fraction of sp³-hybridized carbons (Fsp3) is 0.385. The third-order valence-electron chi connectivity index (χ3n) is 4.54. The van der Waals surface area contributed by atoms with Gasteiger partial charge in [0.15, 0.2) is 0 Å². The van der Waals surface area contributed by atoms with E-state index in [-0.39, 0.29) is 5.41 Å². The minimum Gasteiger partial charge on any atom is -0.376 e. The Morgan fingerprint density at radius 1 is 0.862 bits per heavy atom. The van der Waals surface area contributed by atoms with E-state index in [4.69, 9.17) is 9.47 Å². The van der Waals surface area contributed by atoms with Crippen molar-refractivity contribution in [2.24, 2.45) is 5.41 Å². The van der Waals surface area contributed by atoms with Crippen LogP contribution in [0.2, 0.25) is 19.6 Å². The van der Waals surface area contributed by atoms with Gasteiger partial charge in [-0.1, -0.05) is 86.4 Å². The first kappa shape index (κ1) is 23.2. The lowest BCUT2D eigenvalue weighted by atomic mass is 9.83. The number of allylic oxidation sites excluding steroid dienone is 1. The second-order valence-electron chi connectivity index (χ2n) is 8.68. The summed E-state index contributed by atoms with van der Waals surface area (Å²) in [4.78, 5) is 0. The molecule has 0 unspecified atom stereocenters. The Hall–Kier alpha value is -2.12. The molecule has 0 aliphatic rings. The number of rotatable bonds is 11. The second kappa shape index (κ2) is 11.8. The van der Waals surface area contributed by atoms with Crippen molar-refractivity contribution in [3.05, 3.63) is 84.4 Å². The summed E-state index contributed by atoms with van der Waals surface area (Å²) in [6.45, 7) is 13.2. The van der Waals surface area contributed by atoms with Gasteiger partial charge in [0.25, 0.3) is 0 Å². The van der Waals surface area contributed by atoms with E-state index in [1.807, 2.05) is 42.5 Å². The number of hydrogen-bond donors (Lipinski definition) is 0. The van der Waals surface area contributed by atoms with Crippen molar-refractivity contribution in [3.8, 4) is 11.5 Å². The van der Waals surface area contributed by atoms with Gasteiger partial charge in [-0.05, 0) is 17.5 Å². The molecular weight excluding hydrogens is 372 g/mol. The maximum Gasteiger partial charge on any atom is 0.129 e. The molecular formula is C26H34O2Si. The average molecular weight is 407 g/mol. The maximum absolute atomic E-state index is 6.14. The third-order valence-corrected chi connectivity index (χ3v) is 5.47. The summed E-state index contributed by atoms with van der Waals surface area (Å²) in [5, 5.41) is 0. The summed E-state index contributed by atoms with van der Waals surface area (Å²) in [6, 6.07) is 20.6. The lowest BCUT2D eigenvalue weighted by molar-refractivity contribution is -0.0293. The second-order valence-corrected chi connectivity index (χ2v) is 13.4. The van der Waals surface area contributed by atoms with Crippen LogP contribution in [0.15, 0.2) is 73.3 Å². The van der Waals surface area contributed by atoms with Crippen LogP contribution in [-0.4, -0.2) is 21.3 Å². The lowest BCUT2D eigenvalue weighted by Gasteiger charge is -2.31. The molecule has 154 valence electrons. The van der Waals surface area contributed by atoms with E-state index in [0.717, 1.165) is 12.8 Å². The average Bonchev–Trinajstić information content (AvgIpc) is 2.69. The van der Waals surface area contributed by atoms with Crippen molar-refractivity contribution >= 4 is 8.07 Å². The Morgan fingerprint density at radius 2 is 1.34 bits per heavy atom. The zero-order valence-electron chi connectivity index (χ0n) is 18.1. The lowest BCUT2D eigenvalue weighted by Crippen LogP contribution is -2.32. The summed E-state index contributed by atoms with van der Waals surface area (Å²) in [5.74, 6) is 3.45. The van der Waals surface area contributed by atoms with E-state index in [1.54, 1.807) is 0 Å². The molecule has 0 bridgehead atoms. The van der Waals surface area contributed by atoms with Crippen LogP contribution in [0.4, 0.5) is 0 Å². The largest absolute Gasteiger partial charge is 0.376 e. The molecule has 0 aliphatic heterocycles. The van der Waals surface area contributed by atoms with E-state index in [0.29, 0.717) is 26.4 Å². The predicted molar refractivity (Wildman–Crippen MR) is 125 cm³/mol. The Kier molecular flexibility index (Phi) is 9.40. The van der Waals surface area contributed by atoms with Gasteiger partial charge in [0.2, 0.25) is 0 Å². The smallest absolute Gasteiger partial charge is 0.129 e. The molecule has 0 amide bonds. The molecule has 2 aromatic carbocycles. The number of ether oxygens (including phenoxy) is 2. The van der Waals surface area contributed by atoms with Crippen LogP contribution >= 0.6 is 0 Å². The normalized spacial score (nSPS) is 11.6. The highest BCUT2D eigenvalue weighted by molar-refractivity contribution is 6.83. The van der Waals surface area contributed by atoms with Gasteiger partial charge < -0.3 is 9.47 Å². The van der Waals surface area contributed by atoms with Crippen molar-refractivity contribution in [2.45, 2.75) is 45.7 Å². The van der Waals surface area contributed by atoms with Crippen LogP contribution in [-0.2, 0) is 22.7 Å². The SMILES string of the molecule is C=CCC(CC#C[Si](C)(C)C)(COCc1ccccc1)COCc1ccccc1. The molecule has 2 aromatic rings. The highest BCUT2D eigenvalue weighted by Crippen LogP contribution is 2.29. The molecule has 0 radical (unpaired) electrons. The zero-order chi connectivity index (χ0) is 21.0. The quantitative estimate of drug-likeness (QED) is 0.249. The van der Waals surface area contributed by atoms with Gasteiger partial charge >= 0.3 is 0 Å². The van der Waals surface area contributed by atoms with Gasteiger partial charge in [0.1, 0.15) is 8.07 Å². The van der Waals surface area contributed by atoms with Gasteiger partial charge in [-0.3, -0.25) is 0 Å². The fourth-order valence-electron chi connectivity index (χ4n) is 3.06. The molecule has 0 fully saturated rings. The first-order valence-electron chi connectivity index (χ1n) is 10.3. The molecule has 0 N–H and O–H groups in total. The molecule has 0 saturated heterocycles. The Morgan fingerprint density at radius 3 is 1.76 bits per heavy atom. The minimum absolute atomic E-state index is 0.183. The molecule has 0 spiro atoms. The molecule has 0 heterocycles. The summed E-state index contributed by atoms with van der Waals surface area (Å²) >= 11 is 0. The van der Waals surface area contributed by atoms with Crippen molar-refractivity contribution in [1.29, 1.82) is 0 Å². The maximum atomic E-state index is 6.14. The van der Waals surface area contributed by atoms with Crippen molar-refractivity contribution < 1.29 is 9.47 Å². The van der Waals surface area contributed by atoms with Gasteiger partial charge in [-0.25, -0.2) is 0 Å². The minimum atomic E-state index is -1.42. The zero-order valence-corrected chi connectivity index (χ0v) is 19.1. The van der Waals surface area contributed by atoms with Crippen molar-refractivity contribution in [2.75, 3.05) is 13.2 Å². The van der Waals surface area contributed by atoms with Crippen molar-refractivity contribution in [1.82, 2.24) is 0 Å². The van der Waals surface area contributed by atoms with Gasteiger partial charge in [0, 0.05) is 11.8 Å². The monoisotopic (exact) mass is 406 g/mol. The van der Waals surface area contributed by atoms with Crippen LogP contribution in [0, 0.1) is 16.9 Å². The standard InChI is InChI=1S/C26H34O2Si/c1-5-17-26(18-12-19-29(2,3)4,22-27-20-24-13-8-6-9-14-24)23-28-21-25-15-10-7-11-16-25/h5-11,13-16H,1,17-18,20-23H2,2-4H3. The van der Waals surface area contributed by atoms with Crippen molar-refractivity contribution in [3.63, 3.8) is 0 Å². The predicted octanol–water partition coefficient (Wildman–Crippen LogP) is 6.25. The van der Waals surface area contributed by atoms with Gasteiger partial charge in [-0.2, -0.15) is 0 Å². The van der Waals surface area contributed by atoms with Crippen LogP contribution < -0.4 is 0 Å². The first-order valence-corrected chi connectivity index (χ1v) is 13.8. The summed E-state index contributed by atoms with van der Waals surface area (Å²) in [7, 11) is -1.42. The topological polar surface area (TPSA) is 18.5 Å². The van der Waals surface area contributed by atoms with Crippen LogP contribution in [0.5, 0.6) is 0 Å². The van der Waals surface area contributed by atoms with E-state index >= 15 is 0 Å². The van der Waals surface area contributed by atoms with E-state index in [2.05, 4.69) is 61.9 Å². The Balaban J connectivity index is 2.05. The Labute approximate surface area is 178 Å². The number of hydrogen-bond acceptors (Lipinski definition) is 2. The molecule has 0 aliphatic carbocycles. The van der Waals surface area contributed by atoms with Crippen LogP contribution in [0.25, 0.3) is 0 Å². The van der Waals surface area contributed by atoms with Crippen LogP contribution in [0.3, 0.4) is 0 Å². The summed E-state index contributed by atoms with van der Waals surface area (Å²) in [6.07, 6.45) is 3.54. The summed E-state index contributed by atoms with van der Waals surface area (Å²) < 4.78 is 12.3. The van der Waals surface area contributed by atoms with E-state index < -0.39 is 8.07 Å². The fourth-order valence-corrected chi connectivity index (χ4v) is 3.67. The van der Waals surface area contributed by atoms with E-state index in [1.165, 1.54) is 11.1 Å². The van der Waals surface area contributed by atoms with Gasteiger partial charge in [-0.15, -0.1) is 18.0 Å². The Bertz CT molecular complexity index is 737. The van der Waals surface area contributed by atoms with Gasteiger partial charge in [0.05, 0.1) is 26.4 Å². The molecule has 0 saturated carbocycles.